The van der Waals surface area contributed by atoms with E-state index in [9.17, 15) is 9.59 Å². The Morgan fingerprint density at radius 1 is 1.42 bits per heavy atom. The van der Waals surface area contributed by atoms with Gasteiger partial charge >= 0.3 is 0 Å². The van der Waals surface area contributed by atoms with Gasteiger partial charge in [-0.05, 0) is 36.3 Å². The third-order valence-corrected chi connectivity index (χ3v) is 6.35. The Kier molecular flexibility index (Phi) is 4.69. The summed E-state index contributed by atoms with van der Waals surface area (Å²) in [6.45, 7) is 7.65. The first kappa shape index (κ1) is 19.0. The number of anilines is 1. The van der Waals surface area contributed by atoms with Crippen LogP contribution >= 0.6 is 11.6 Å². The van der Waals surface area contributed by atoms with Crippen molar-refractivity contribution in [3.05, 3.63) is 22.7 Å². The number of nitrogens with one attached hydrogen (secondary N) is 1. The van der Waals surface area contributed by atoms with Crippen LogP contribution in [0.3, 0.4) is 0 Å². The highest BCUT2D eigenvalue weighted by Crippen LogP contribution is 2.62. The summed E-state index contributed by atoms with van der Waals surface area (Å²) in [5.74, 6) is 0.321. The molecule has 0 unspecified atom stereocenters. The van der Waals surface area contributed by atoms with Crippen molar-refractivity contribution in [1.29, 1.82) is 0 Å². The van der Waals surface area contributed by atoms with Gasteiger partial charge in [0, 0.05) is 24.2 Å². The number of hydrogen-bond donors (Lipinski definition) is 2. The van der Waals surface area contributed by atoms with Gasteiger partial charge in [-0.2, -0.15) is 0 Å². The molecule has 2 atom stereocenters. The first-order valence-electron chi connectivity index (χ1n) is 8.75. The molecule has 142 valence electrons. The summed E-state index contributed by atoms with van der Waals surface area (Å²) >= 11 is 6.10. The van der Waals surface area contributed by atoms with Crippen molar-refractivity contribution in [3.63, 3.8) is 0 Å². The van der Waals surface area contributed by atoms with Crippen LogP contribution in [0.5, 0.6) is 5.75 Å². The number of hydrogen-bond acceptors (Lipinski definition) is 4. The number of benzene rings is 1. The van der Waals surface area contributed by atoms with E-state index in [-0.39, 0.29) is 29.7 Å². The molecule has 2 amide bonds. The molecule has 26 heavy (non-hydrogen) atoms. The zero-order chi connectivity index (χ0) is 19.3. The van der Waals surface area contributed by atoms with Crippen LogP contribution in [0.4, 0.5) is 5.69 Å². The van der Waals surface area contributed by atoms with Gasteiger partial charge in [0.1, 0.15) is 5.75 Å². The second-order valence-corrected chi connectivity index (χ2v) is 8.67. The van der Waals surface area contributed by atoms with E-state index in [1.165, 1.54) is 7.11 Å². The molecule has 1 heterocycles. The van der Waals surface area contributed by atoms with Gasteiger partial charge in [0.25, 0.3) is 0 Å². The number of likely N-dealkylation sites (tertiary alicyclic amines) is 1. The highest BCUT2D eigenvalue weighted by Gasteiger charge is 2.65. The van der Waals surface area contributed by atoms with Crippen LogP contribution < -0.4 is 15.8 Å². The van der Waals surface area contributed by atoms with E-state index in [4.69, 9.17) is 22.1 Å². The van der Waals surface area contributed by atoms with Gasteiger partial charge < -0.3 is 15.8 Å². The predicted molar refractivity (Wildman–Crippen MR) is 101 cm³/mol. The largest absolute Gasteiger partial charge is 0.495 e. The molecule has 6 nitrogen and oxygen atoms in total. The minimum absolute atomic E-state index is 0.0801. The van der Waals surface area contributed by atoms with Crippen LogP contribution in [0.1, 0.15) is 25.8 Å². The van der Waals surface area contributed by atoms with Gasteiger partial charge in [0.15, 0.2) is 0 Å². The average Bonchev–Trinajstić information content (AvgIpc) is 2.85. The lowest BCUT2D eigenvalue weighted by atomic mass is 9.48. The zero-order valence-corrected chi connectivity index (χ0v) is 16.4. The Labute approximate surface area is 159 Å². The van der Waals surface area contributed by atoms with Crippen molar-refractivity contribution in [2.24, 2.45) is 22.5 Å². The molecule has 1 aliphatic carbocycles. The molecule has 2 fully saturated rings. The molecule has 2 aliphatic rings. The standard InChI is InChI=1S/C19H26ClN3O3/c1-11-5-13(14(26-4)6-12(11)20)22-16(24)8-23-7-15-18(2,3)9-19(15,10-23)17(21)25/h5-6,15H,7-10H2,1-4H3,(H2,21,25)(H,22,24)/t15-,19+/m1/s1. The molecule has 1 aliphatic heterocycles. The summed E-state index contributed by atoms with van der Waals surface area (Å²) in [6, 6.07) is 3.48. The van der Waals surface area contributed by atoms with Crippen molar-refractivity contribution < 1.29 is 14.3 Å². The molecular formula is C19H26ClN3O3. The Balaban J connectivity index is 1.69. The third-order valence-electron chi connectivity index (χ3n) is 5.94. The van der Waals surface area contributed by atoms with Crippen molar-refractivity contribution in [2.75, 3.05) is 32.1 Å². The zero-order valence-electron chi connectivity index (χ0n) is 15.7. The fraction of sp³-hybridized carbons (Fsp3) is 0.579. The smallest absolute Gasteiger partial charge is 0.238 e. The molecule has 1 aromatic carbocycles. The molecule has 1 aromatic rings. The third kappa shape index (κ3) is 3.05. The minimum atomic E-state index is -0.488. The Bertz CT molecular complexity index is 765. The molecule has 3 N–H and O–H groups in total. The number of fused-ring (bicyclic) bond motifs is 1. The number of halogens is 1. The maximum Gasteiger partial charge on any atom is 0.238 e. The van der Waals surface area contributed by atoms with E-state index < -0.39 is 5.41 Å². The maximum atomic E-state index is 12.5. The summed E-state index contributed by atoms with van der Waals surface area (Å²) in [6.07, 6.45) is 0.780. The topological polar surface area (TPSA) is 84.7 Å². The number of rotatable bonds is 5. The molecule has 3 rings (SSSR count). The fourth-order valence-corrected chi connectivity index (χ4v) is 4.92. The Hall–Kier alpha value is -1.79. The lowest BCUT2D eigenvalue weighted by molar-refractivity contribution is -0.148. The monoisotopic (exact) mass is 379 g/mol. The van der Waals surface area contributed by atoms with Crippen molar-refractivity contribution >= 4 is 29.1 Å². The van der Waals surface area contributed by atoms with Gasteiger partial charge in [-0.1, -0.05) is 25.4 Å². The highest BCUT2D eigenvalue weighted by molar-refractivity contribution is 6.31. The summed E-state index contributed by atoms with van der Waals surface area (Å²) in [5, 5.41) is 3.47. The van der Waals surface area contributed by atoms with Crippen LogP contribution in [0.25, 0.3) is 0 Å². The molecule has 0 radical (unpaired) electrons. The molecule has 1 saturated heterocycles. The summed E-state index contributed by atoms with van der Waals surface area (Å²) in [4.78, 5) is 26.6. The number of amides is 2. The van der Waals surface area contributed by atoms with Gasteiger partial charge in [0.2, 0.25) is 11.8 Å². The van der Waals surface area contributed by atoms with Crippen LogP contribution in [-0.2, 0) is 9.59 Å². The van der Waals surface area contributed by atoms with Gasteiger partial charge in [-0.3, -0.25) is 14.5 Å². The fourth-order valence-electron chi connectivity index (χ4n) is 4.77. The molecule has 1 saturated carbocycles. The number of primary amides is 1. The predicted octanol–water partition coefficient (Wildman–Crippen LogP) is 2.43. The van der Waals surface area contributed by atoms with Gasteiger partial charge in [-0.25, -0.2) is 0 Å². The maximum absolute atomic E-state index is 12.5. The van der Waals surface area contributed by atoms with Crippen molar-refractivity contribution in [3.8, 4) is 5.75 Å². The quantitative estimate of drug-likeness (QED) is 0.822. The normalized spacial score (nSPS) is 26.7. The number of nitrogens with zero attached hydrogens (tertiary/aromatic N) is 1. The van der Waals surface area contributed by atoms with Crippen LogP contribution in [0, 0.1) is 23.7 Å². The van der Waals surface area contributed by atoms with Crippen molar-refractivity contribution in [2.45, 2.75) is 27.2 Å². The number of carbonyl (C=O) groups excluding carboxylic acids is 2. The second-order valence-electron chi connectivity index (χ2n) is 8.26. The summed E-state index contributed by atoms with van der Waals surface area (Å²) in [7, 11) is 1.54. The van der Waals surface area contributed by atoms with E-state index in [1.807, 2.05) is 11.8 Å². The van der Waals surface area contributed by atoms with Gasteiger partial charge in [0.05, 0.1) is 24.8 Å². The number of nitrogens with two attached hydrogens (primary N) is 1. The van der Waals surface area contributed by atoms with E-state index in [1.54, 1.807) is 12.1 Å². The lowest BCUT2D eigenvalue weighted by Gasteiger charge is -2.54. The number of carbonyl (C=O) groups is 2. The van der Waals surface area contributed by atoms with Crippen LogP contribution in [0.15, 0.2) is 12.1 Å². The minimum Gasteiger partial charge on any atom is -0.495 e. The average molecular weight is 380 g/mol. The van der Waals surface area contributed by atoms with Crippen LogP contribution in [0.2, 0.25) is 5.02 Å². The first-order chi connectivity index (χ1) is 12.1. The molecule has 0 bridgehead atoms. The van der Waals surface area contributed by atoms with E-state index in [2.05, 4.69) is 19.2 Å². The van der Waals surface area contributed by atoms with E-state index in [0.29, 0.717) is 29.5 Å². The lowest BCUT2D eigenvalue weighted by Crippen LogP contribution is -2.59. The first-order valence-corrected chi connectivity index (χ1v) is 9.13. The van der Waals surface area contributed by atoms with Gasteiger partial charge in [-0.15, -0.1) is 0 Å². The summed E-state index contributed by atoms with van der Waals surface area (Å²) < 4.78 is 5.30. The number of methoxy groups -OCH3 is 1. The second kappa shape index (κ2) is 6.43. The van der Waals surface area contributed by atoms with E-state index >= 15 is 0 Å². The Morgan fingerprint density at radius 3 is 2.65 bits per heavy atom. The molecule has 0 spiro atoms. The SMILES string of the molecule is COc1cc(Cl)c(C)cc1NC(=O)CN1C[C@@H]2C(C)(C)C[C@]2(C(N)=O)C1. The Morgan fingerprint density at radius 2 is 2.12 bits per heavy atom. The molecule has 7 heteroatoms. The number of ether oxygens (including phenoxy) is 1. The van der Waals surface area contributed by atoms with Crippen LogP contribution in [-0.4, -0.2) is 43.5 Å². The molecule has 0 aromatic heterocycles. The highest BCUT2D eigenvalue weighted by atomic mass is 35.5. The summed E-state index contributed by atoms with van der Waals surface area (Å²) in [5.41, 5.74) is 6.72. The number of aryl methyl sites for hydroxylation is 1. The molecular weight excluding hydrogens is 354 g/mol. The van der Waals surface area contributed by atoms with E-state index in [0.717, 1.165) is 12.0 Å². The van der Waals surface area contributed by atoms with Crippen molar-refractivity contribution in [1.82, 2.24) is 4.90 Å².